The van der Waals surface area contributed by atoms with E-state index in [-0.39, 0.29) is 0 Å². The molecule has 1 aromatic heterocycles. The van der Waals surface area contributed by atoms with E-state index in [1.165, 1.54) is 11.1 Å². The lowest BCUT2D eigenvalue weighted by Gasteiger charge is -2.09. The topological polar surface area (TPSA) is 39.1 Å². The zero-order chi connectivity index (χ0) is 16.9. The molecule has 0 amide bonds. The summed E-state index contributed by atoms with van der Waals surface area (Å²) in [5, 5.41) is 3.41. The van der Waals surface area contributed by atoms with Gasteiger partial charge in [-0.05, 0) is 43.7 Å². The Kier molecular flexibility index (Phi) is 4.85. The van der Waals surface area contributed by atoms with E-state index in [0.29, 0.717) is 6.61 Å². The molecule has 24 heavy (non-hydrogen) atoms. The van der Waals surface area contributed by atoms with Crippen molar-refractivity contribution in [1.82, 2.24) is 9.55 Å². The molecular weight excluding hydrogens is 298 g/mol. The Bertz CT molecular complexity index is 806. The number of anilines is 1. The maximum atomic E-state index is 5.49. The van der Waals surface area contributed by atoms with E-state index in [2.05, 4.69) is 58.2 Å². The standard InChI is InChI=1S/C20H23N3O/c1-4-24-18-10-8-17(9-11-18)19-14-22-20(23(19)3)21-13-16-7-5-6-15(2)12-16/h5-12,14H,4,13H2,1-3H3,(H,21,22). The van der Waals surface area contributed by atoms with Crippen molar-refractivity contribution in [3.63, 3.8) is 0 Å². The summed E-state index contributed by atoms with van der Waals surface area (Å²) in [5.74, 6) is 1.75. The molecule has 0 radical (unpaired) electrons. The second-order valence-electron chi connectivity index (χ2n) is 5.83. The van der Waals surface area contributed by atoms with Crippen LogP contribution in [0.25, 0.3) is 11.3 Å². The molecule has 3 rings (SSSR count). The number of aryl methyl sites for hydroxylation is 1. The van der Waals surface area contributed by atoms with Crippen molar-refractivity contribution in [3.8, 4) is 17.0 Å². The highest BCUT2D eigenvalue weighted by Crippen LogP contribution is 2.24. The van der Waals surface area contributed by atoms with E-state index in [9.17, 15) is 0 Å². The van der Waals surface area contributed by atoms with Gasteiger partial charge in [0.25, 0.3) is 0 Å². The lowest BCUT2D eigenvalue weighted by molar-refractivity contribution is 0.340. The number of ether oxygens (including phenoxy) is 1. The van der Waals surface area contributed by atoms with Crippen LogP contribution in [0.5, 0.6) is 5.75 Å². The van der Waals surface area contributed by atoms with Crippen LogP contribution in [0, 0.1) is 6.92 Å². The van der Waals surface area contributed by atoms with E-state index in [1.807, 2.05) is 32.3 Å². The molecule has 0 unspecified atom stereocenters. The van der Waals surface area contributed by atoms with Crippen LogP contribution in [0.15, 0.2) is 54.7 Å². The minimum atomic E-state index is 0.679. The van der Waals surface area contributed by atoms with Gasteiger partial charge in [0.2, 0.25) is 5.95 Å². The summed E-state index contributed by atoms with van der Waals surface area (Å²) in [6.07, 6.45) is 1.90. The van der Waals surface area contributed by atoms with Gasteiger partial charge in [0.15, 0.2) is 0 Å². The number of nitrogens with zero attached hydrogens (tertiary/aromatic N) is 2. The molecule has 0 bridgehead atoms. The number of hydrogen-bond acceptors (Lipinski definition) is 3. The summed E-state index contributed by atoms with van der Waals surface area (Å²) in [5.41, 5.74) is 4.71. The first-order valence-electron chi connectivity index (χ1n) is 8.21. The predicted molar refractivity (Wildman–Crippen MR) is 98.3 cm³/mol. The first kappa shape index (κ1) is 16.1. The van der Waals surface area contributed by atoms with E-state index in [0.717, 1.165) is 29.5 Å². The van der Waals surface area contributed by atoms with Crippen LogP contribution < -0.4 is 10.1 Å². The first-order chi connectivity index (χ1) is 11.7. The molecule has 0 aliphatic carbocycles. The highest BCUT2D eigenvalue weighted by molar-refractivity contribution is 5.62. The summed E-state index contributed by atoms with van der Waals surface area (Å²) in [6.45, 7) is 5.53. The third-order valence-corrected chi connectivity index (χ3v) is 3.98. The highest BCUT2D eigenvalue weighted by Gasteiger charge is 2.08. The van der Waals surface area contributed by atoms with Crippen molar-refractivity contribution >= 4 is 5.95 Å². The van der Waals surface area contributed by atoms with Crippen molar-refractivity contribution in [2.75, 3.05) is 11.9 Å². The lowest BCUT2D eigenvalue weighted by Crippen LogP contribution is -2.05. The Morgan fingerprint density at radius 3 is 2.62 bits per heavy atom. The monoisotopic (exact) mass is 321 g/mol. The molecule has 0 aliphatic rings. The number of aromatic nitrogens is 2. The largest absolute Gasteiger partial charge is 0.494 e. The second-order valence-corrected chi connectivity index (χ2v) is 5.83. The zero-order valence-electron chi connectivity index (χ0n) is 14.4. The molecule has 0 fully saturated rings. The molecule has 2 aromatic carbocycles. The summed E-state index contributed by atoms with van der Waals surface area (Å²) in [4.78, 5) is 4.51. The number of nitrogens with one attached hydrogen (secondary N) is 1. The van der Waals surface area contributed by atoms with Gasteiger partial charge in [0.1, 0.15) is 5.75 Å². The third-order valence-electron chi connectivity index (χ3n) is 3.98. The van der Waals surface area contributed by atoms with Crippen LogP contribution >= 0.6 is 0 Å². The Balaban J connectivity index is 1.73. The summed E-state index contributed by atoms with van der Waals surface area (Å²) in [7, 11) is 2.03. The number of rotatable bonds is 6. The number of imidazole rings is 1. The van der Waals surface area contributed by atoms with Gasteiger partial charge in [-0.3, -0.25) is 0 Å². The molecule has 0 spiro atoms. The van der Waals surface area contributed by atoms with Gasteiger partial charge in [-0.1, -0.05) is 29.8 Å². The molecule has 4 nitrogen and oxygen atoms in total. The fourth-order valence-corrected chi connectivity index (χ4v) is 2.73. The van der Waals surface area contributed by atoms with Crippen LogP contribution in [0.4, 0.5) is 5.95 Å². The molecule has 1 heterocycles. The Labute approximate surface area is 143 Å². The summed E-state index contributed by atoms with van der Waals surface area (Å²) >= 11 is 0. The first-order valence-corrected chi connectivity index (χ1v) is 8.21. The predicted octanol–water partition coefficient (Wildman–Crippen LogP) is 4.41. The van der Waals surface area contributed by atoms with E-state index < -0.39 is 0 Å². The van der Waals surface area contributed by atoms with Crippen molar-refractivity contribution < 1.29 is 4.74 Å². The summed E-state index contributed by atoms with van der Waals surface area (Å²) < 4.78 is 7.57. The van der Waals surface area contributed by atoms with Gasteiger partial charge in [0, 0.05) is 19.2 Å². The van der Waals surface area contributed by atoms with Crippen molar-refractivity contribution in [2.45, 2.75) is 20.4 Å². The van der Waals surface area contributed by atoms with Gasteiger partial charge in [0.05, 0.1) is 18.5 Å². The normalized spacial score (nSPS) is 10.6. The Morgan fingerprint density at radius 1 is 1.12 bits per heavy atom. The quantitative estimate of drug-likeness (QED) is 0.731. The van der Waals surface area contributed by atoms with Crippen molar-refractivity contribution in [3.05, 3.63) is 65.9 Å². The van der Waals surface area contributed by atoms with Crippen molar-refractivity contribution in [2.24, 2.45) is 7.05 Å². The minimum absolute atomic E-state index is 0.679. The number of benzene rings is 2. The summed E-state index contributed by atoms with van der Waals surface area (Å²) in [6, 6.07) is 16.6. The molecule has 0 saturated heterocycles. The molecule has 0 atom stereocenters. The number of hydrogen-bond donors (Lipinski definition) is 1. The molecular formula is C20H23N3O. The van der Waals surface area contributed by atoms with Crippen molar-refractivity contribution in [1.29, 1.82) is 0 Å². The molecule has 4 heteroatoms. The molecule has 1 N–H and O–H groups in total. The highest BCUT2D eigenvalue weighted by atomic mass is 16.5. The van der Waals surface area contributed by atoms with Gasteiger partial charge in [-0.2, -0.15) is 0 Å². The van der Waals surface area contributed by atoms with Gasteiger partial charge >= 0.3 is 0 Å². The Morgan fingerprint density at radius 2 is 1.92 bits per heavy atom. The van der Waals surface area contributed by atoms with E-state index >= 15 is 0 Å². The average Bonchev–Trinajstić information content (AvgIpc) is 2.95. The smallest absolute Gasteiger partial charge is 0.203 e. The fraction of sp³-hybridized carbons (Fsp3) is 0.250. The van der Waals surface area contributed by atoms with Gasteiger partial charge in [-0.25, -0.2) is 4.98 Å². The van der Waals surface area contributed by atoms with Gasteiger partial charge < -0.3 is 14.6 Å². The third kappa shape index (κ3) is 3.59. The van der Waals surface area contributed by atoms with Crippen LogP contribution in [0.2, 0.25) is 0 Å². The van der Waals surface area contributed by atoms with E-state index in [4.69, 9.17) is 4.74 Å². The van der Waals surface area contributed by atoms with Crippen LogP contribution in [-0.2, 0) is 13.6 Å². The maximum absolute atomic E-state index is 5.49. The maximum Gasteiger partial charge on any atom is 0.203 e. The second kappa shape index (κ2) is 7.21. The van der Waals surface area contributed by atoms with Crippen LogP contribution in [0.3, 0.4) is 0 Å². The molecule has 0 aliphatic heterocycles. The molecule has 3 aromatic rings. The SMILES string of the molecule is CCOc1ccc(-c2cnc(NCc3cccc(C)c3)n2C)cc1. The Hall–Kier alpha value is -2.75. The van der Waals surface area contributed by atoms with Crippen LogP contribution in [0.1, 0.15) is 18.1 Å². The minimum Gasteiger partial charge on any atom is -0.494 e. The lowest BCUT2D eigenvalue weighted by atomic mass is 10.1. The fourth-order valence-electron chi connectivity index (χ4n) is 2.73. The van der Waals surface area contributed by atoms with Crippen LogP contribution in [-0.4, -0.2) is 16.2 Å². The van der Waals surface area contributed by atoms with Gasteiger partial charge in [-0.15, -0.1) is 0 Å². The molecule has 0 saturated carbocycles. The average molecular weight is 321 g/mol. The van der Waals surface area contributed by atoms with E-state index in [1.54, 1.807) is 0 Å². The molecule has 124 valence electrons. The zero-order valence-corrected chi connectivity index (χ0v) is 14.4.